The van der Waals surface area contributed by atoms with Gasteiger partial charge in [-0.1, -0.05) is 17.7 Å². The number of urea groups is 1. The number of nitrogens with zero attached hydrogens (tertiary/aromatic N) is 1. The Kier molecular flexibility index (Phi) is 5.99. The third kappa shape index (κ3) is 3.76. The second-order valence-electron chi connectivity index (χ2n) is 6.52. The zero-order chi connectivity index (χ0) is 21.3. The Hall–Kier alpha value is -2.40. The van der Waals surface area contributed by atoms with Crippen LogP contribution in [0.15, 0.2) is 35.2 Å². The molecule has 3 rings (SSSR count). The SMILES string of the molecule is NCc1c(F)cccc1N(C(N)=O)c1ccc(Cl)c(S(=O)(=O)[C@H]2CCNC2)c1O. The van der Waals surface area contributed by atoms with E-state index in [1.54, 1.807) is 0 Å². The molecule has 1 heterocycles. The summed E-state index contributed by atoms with van der Waals surface area (Å²) in [7, 11) is -4.01. The Balaban J connectivity index is 2.23. The van der Waals surface area contributed by atoms with Crippen molar-refractivity contribution >= 4 is 38.8 Å². The molecular formula is C18H20ClFN4O4S. The van der Waals surface area contributed by atoms with Crippen LogP contribution in [0.4, 0.5) is 20.6 Å². The summed E-state index contributed by atoms with van der Waals surface area (Å²) in [6, 6.07) is 5.31. The molecule has 156 valence electrons. The van der Waals surface area contributed by atoms with Crippen molar-refractivity contribution < 1.29 is 22.7 Å². The summed E-state index contributed by atoms with van der Waals surface area (Å²) in [5.74, 6) is -1.41. The molecular weight excluding hydrogens is 423 g/mol. The van der Waals surface area contributed by atoms with Crippen molar-refractivity contribution in [2.75, 3.05) is 18.0 Å². The number of halogens is 2. The highest BCUT2D eigenvalue weighted by Gasteiger charge is 2.36. The van der Waals surface area contributed by atoms with Gasteiger partial charge in [0.25, 0.3) is 0 Å². The van der Waals surface area contributed by atoms with E-state index in [1.165, 1.54) is 24.3 Å². The molecule has 0 radical (unpaired) electrons. The largest absolute Gasteiger partial charge is 0.504 e. The van der Waals surface area contributed by atoms with Gasteiger partial charge in [0.05, 0.1) is 21.6 Å². The monoisotopic (exact) mass is 442 g/mol. The highest BCUT2D eigenvalue weighted by atomic mass is 35.5. The zero-order valence-electron chi connectivity index (χ0n) is 15.2. The molecule has 0 unspecified atom stereocenters. The zero-order valence-corrected chi connectivity index (χ0v) is 16.8. The minimum atomic E-state index is -4.01. The Morgan fingerprint density at radius 2 is 2.03 bits per heavy atom. The quantitative estimate of drug-likeness (QED) is 0.558. The molecule has 0 aromatic heterocycles. The van der Waals surface area contributed by atoms with Gasteiger partial charge in [0.1, 0.15) is 10.7 Å². The van der Waals surface area contributed by atoms with E-state index in [-0.39, 0.29) is 35.1 Å². The van der Waals surface area contributed by atoms with Crippen LogP contribution >= 0.6 is 11.6 Å². The Labute approximate surface area is 172 Å². The number of carbonyl (C=O) groups excluding carboxylic acids is 1. The van der Waals surface area contributed by atoms with Crippen LogP contribution in [-0.4, -0.2) is 37.9 Å². The van der Waals surface area contributed by atoms with Crippen LogP contribution in [0.2, 0.25) is 5.02 Å². The van der Waals surface area contributed by atoms with E-state index in [0.29, 0.717) is 13.0 Å². The predicted octanol–water partition coefficient (Wildman–Crippen LogP) is 2.00. The number of hydrogen-bond acceptors (Lipinski definition) is 6. The molecule has 2 aromatic carbocycles. The second kappa shape index (κ2) is 8.15. The molecule has 8 nitrogen and oxygen atoms in total. The summed E-state index contributed by atoms with van der Waals surface area (Å²) in [6.45, 7) is 0.473. The van der Waals surface area contributed by atoms with E-state index in [2.05, 4.69) is 5.32 Å². The highest BCUT2D eigenvalue weighted by molar-refractivity contribution is 7.92. The number of primary amides is 1. The summed E-state index contributed by atoms with van der Waals surface area (Å²) in [4.78, 5) is 12.5. The summed E-state index contributed by atoms with van der Waals surface area (Å²) in [6.07, 6.45) is 0.350. The number of nitrogens with two attached hydrogens (primary N) is 2. The lowest BCUT2D eigenvalue weighted by molar-refractivity contribution is 0.255. The van der Waals surface area contributed by atoms with Gasteiger partial charge in [-0.15, -0.1) is 0 Å². The van der Waals surface area contributed by atoms with Crippen molar-refractivity contribution in [3.63, 3.8) is 0 Å². The molecule has 1 atom stereocenters. The smallest absolute Gasteiger partial charge is 0.324 e. The Morgan fingerprint density at radius 1 is 1.31 bits per heavy atom. The van der Waals surface area contributed by atoms with Crippen molar-refractivity contribution in [1.29, 1.82) is 0 Å². The number of carbonyl (C=O) groups is 1. The van der Waals surface area contributed by atoms with Crippen LogP contribution in [0.25, 0.3) is 0 Å². The maximum absolute atomic E-state index is 14.2. The third-order valence-electron chi connectivity index (χ3n) is 4.80. The summed E-state index contributed by atoms with van der Waals surface area (Å²) < 4.78 is 40.3. The number of sulfone groups is 1. The molecule has 1 aliphatic rings. The Bertz CT molecular complexity index is 1060. The summed E-state index contributed by atoms with van der Waals surface area (Å²) in [5, 5.41) is 12.8. The summed E-state index contributed by atoms with van der Waals surface area (Å²) >= 11 is 6.10. The first-order valence-corrected chi connectivity index (χ1v) is 10.7. The van der Waals surface area contributed by atoms with Crippen LogP contribution < -0.4 is 21.7 Å². The van der Waals surface area contributed by atoms with Gasteiger partial charge in [-0.25, -0.2) is 17.6 Å². The molecule has 2 aromatic rings. The Morgan fingerprint density at radius 3 is 2.62 bits per heavy atom. The average Bonchev–Trinajstić information content (AvgIpc) is 3.19. The normalized spacial score (nSPS) is 16.7. The van der Waals surface area contributed by atoms with Crippen molar-refractivity contribution in [2.24, 2.45) is 11.5 Å². The number of phenolic OH excluding ortho intramolecular Hbond substituents is 1. The van der Waals surface area contributed by atoms with Crippen LogP contribution in [0, 0.1) is 5.82 Å². The lowest BCUT2D eigenvalue weighted by Crippen LogP contribution is -2.33. The topological polar surface area (TPSA) is 139 Å². The maximum Gasteiger partial charge on any atom is 0.324 e. The van der Waals surface area contributed by atoms with Gasteiger partial charge in [0, 0.05) is 18.7 Å². The van der Waals surface area contributed by atoms with Gasteiger partial charge < -0.3 is 21.9 Å². The van der Waals surface area contributed by atoms with Crippen LogP contribution in [0.1, 0.15) is 12.0 Å². The predicted molar refractivity (Wildman–Crippen MR) is 108 cm³/mol. The van der Waals surface area contributed by atoms with Crippen molar-refractivity contribution in [3.05, 3.63) is 46.7 Å². The van der Waals surface area contributed by atoms with Crippen molar-refractivity contribution in [1.82, 2.24) is 5.32 Å². The molecule has 2 amide bonds. The number of aromatic hydroxyl groups is 1. The van der Waals surface area contributed by atoms with Gasteiger partial charge >= 0.3 is 6.03 Å². The van der Waals surface area contributed by atoms with Crippen molar-refractivity contribution in [3.8, 4) is 5.75 Å². The fourth-order valence-corrected chi connectivity index (χ4v) is 5.66. The number of hydrogen-bond donors (Lipinski definition) is 4. The van der Waals surface area contributed by atoms with Gasteiger partial charge in [-0.05, 0) is 37.2 Å². The van der Waals surface area contributed by atoms with Crippen LogP contribution in [-0.2, 0) is 16.4 Å². The third-order valence-corrected chi connectivity index (χ3v) is 7.49. The molecule has 0 spiro atoms. The first-order chi connectivity index (χ1) is 13.7. The fourth-order valence-electron chi connectivity index (χ4n) is 3.37. The molecule has 29 heavy (non-hydrogen) atoms. The van der Waals surface area contributed by atoms with Gasteiger partial charge in [0.2, 0.25) is 0 Å². The first kappa shape index (κ1) is 21.3. The van der Waals surface area contributed by atoms with Gasteiger partial charge in [0.15, 0.2) is 15.6 Å². The highest BCUT2D eigenvalue weighted by Crippen LogP contribution is 2.43. The van der Waals surface area contributed by atoms with Gasteiger partial charge in [-0.2, -0.15) is 0 Å². The average molecular weight is 443 g/mol. The number of anilines is 2. The van der Waals surface area contributed by atoms with Crippen molar-refractivity contribution in [2.45, 2.75) is 23.1 Å². The van der Waals surface area contributed by atoms with Crippen LogP contribution in [0.3, 0.4) is 0 Å². The maximum atomic E-state index is 14.2. The molecule has 0 bridgehead atoms. The lowest BCUT2D eigenvalue weighted by atomic mass is 10.1. The second-order valence-corrected chi connectivity index (χ2v) is 9.09. The molecule has 11 heteroatoms. The van der Waals surface area contributed by atoms with E-state index in [4.69, 9.17) is 23.1 Å². The van der Waals surface area contributed by atoms with E-state index in [0.717, 1.165) is 11.0 Å². The van der Waals surface area contributed by atoms with Gasteiger partial charge in [-0.3, -0.25) is 4.90 Å². The molecule has 6 N–H and O–H groups in total. The summed E-state index contributed by atoms with van der Waals surface area (Å²) in [5.41, 5.74) is 10.8. The minimum absolute atomic E-state index is 0.0106. The number of amides is 2. The number of benzene rings is 2. The van der Waals surface area contributed by atoms with E-state index >= 15 is 0 Å². The number of nitrogens with one attached hydrogen (secondary N) is 1. The lowest BCUT2D eigenvalue weighted by Gasteiger charge is -2.25. The molecule has 1 saturated heterocycles. The first-order valence-electron chi connectivity index (χ1n) is 8.73. The van der Waals surface area contributed by atoms with E-state index in [1.807, 2.05) is 0 Å². The van der Waals surface area contributed by atoms with Crippen LogP contribution in [0.5, 0.6) is 5.75 Å². The molecule has 1 aliphatic heterocycles. The fraction of sp³-hybridized carbons (Fsp3) is 0.278. The van der Waals surface area contributed by atoms with E-state index in [9.17, 15) is 22.7 Å². The molecule has 1 fully saturated rings. The number of phenols is 1. The minimum Gasteiger partial charge on any atom is -0.504 e. The standard InChI is InChI=1S/C18H20ClFN4O4S/c19-12-4-5-15(16(25)17(12)29(27,28)10-6-7-23-9-10)24(18(22)26)14-3-1-2-13(20)11(14)8-21/h1-5,10,23,25H,6-9,21H2,(H2,22,26)/t10-/m0/s1. The molecule has 0 saturated carbocycles. The van der Waals surface area contributed by atoms with E-state index < -0.39 is 37.6 Å². The molecule has 0 aliphatic carbocycles. The number of rotatable bonds is 5.